The molecule has 3 atom stereocenters. The van der Waals surface area contributed by atoms with Crippen LogP contribution >= 0.6 is 0 Å². The van der Waals surface area contributed by atoms with Crippen LogP contribution in [0.5, 0.6) is 11.5 Å². The number of carbonyl (C=O) groups excluding carboxylic acids is 3. The second-order valence-corrected chi connectivity index (χ2v) is 8.13. The Balaban J connectivity index is 1.82. The minimum Gasteiger partial charge on any atom is -0.493 e. The normalized spacial score (nSPS) is 22.3. The third-order valence-electron chi connectivity index (χ3n) is 6.31. The van der Waals surface area contributed by atoms with Crippen LogP contribution in [0.3, 0.4) is 0 Å². The third kappa shape index (κ3) is 4.23. The quantitative estimate of drug-likeness (QED) is 0.536. The predicted molar refractivity (Wildman–Crippen MR) is 121 cm³/mol. The number of hydrogen-bond acceptors (Lipinski definition) is 6. The summed E-state index contributed by atoms with van der Waals surface area (Å²) < 4.78 is 16.1. The van der Waals surface area contributed by atoms with Crippen LogP contribution in [-0.2, 0) is 19.1 Å². The van der Waals surface area contributed by atoms with Gasteiger partial charge < -0.3 is 19.5 Å². The molecule has 0 saturated heterocycles. The van der Waals surface area contributed by atoms with Crippen molar-refractivity contribution < 1.29 is 28.6 Å². The summed E-state index contributed by atoms with van der Waals surface area (Å²) in [7, 11) is 3.08. The lowest BCUT2D eigenvalue weighted by Gasteiger charge is -2.38. The highest BCUT2D eigenvalue weighted by Gasteiger charge is 2.47. The maximum absolute atomic E-state index is 13.9. The Morgan fingerprint density at radius 1 is 0.970 bits per heavy atom. The van der Waals surface area contributed by atoms with Crippen molar-refractivity contribution in [3.05, 3.63) is 70.9 Å². The van der Waals surface area contributed by atoms with E-state index in [0.29, 0.717) is 29.2 Å². The smallest absolute Gasteiger partial charge is 0.317 e. The zero-order valence-corrected chi connectivity index (χ0v) is 18.9. The van der Waals surface area contributed by atoms with Crippen LogP contribution in [0.4, 0.5) is 0 Å². The Bertz CT molecular complexity index is 1110. The van der Waals surface area contributed by atoms with Gasteiger partial charge in [-0.3, -0.25) is 14.4 Å². The van der Waals surface area contributed by atoms with Gasteiger partial charge in [0.15, 0.2) is 17.3 Å². The molecule has 4 rings (SSSR count). The van der Waals surface area contributed by atoms with E-state index in [1.807, 2.05) is 36.4 Å². The molecule has 2 aromatic carbocycles. The fourth-order valence-electron chi connectivity index (χ4n) is 4.82. The van der Waals surface area contributed by atoms with Gasteiger partial charge in [0.25, 0.3) is 0 Å². The number of Topliss-reactive ketones (excluding diaryl/α,β-unsaturated/α-hetero) is 1. The molecule has 1 aliphatic heterocycles. The number of ether oxygens (including phenoxy) is 3. The van der Waals surface area contributed by atoms with E-state index in [4.69, 9.17) is 14.2 Å². The number of hydrogen-bond donors (Lipinski definition) is 1. The number of carbonyl (C=O) groups is 3. The largest absolute Gasteiger partial charge is 0.493 e. The van der Waals surface area contributed by atoms with Crippen molar-refractivity contribution in [3.63, 3.8) is 0 Å². The second-order valence-electron chi connectivity index (χ2n) is 8.13. The van der Waals surface area contributed by atoms with Crippen molar-refractivity contribution in [2.24, 2.45) is 5.92 Å². The molecule has 33 heavy (non-hydrogen) atoms. The SMILES string of the molecule is CCOC(=O)C1C(=O)C2=C(CC1c1ccccc1)NC(=O)CC2c1ccc(OC)c(OC)c1. The first-order valence-corrected chi connectivity index (χ1v) is 11.0. The Kier molecular flexibility index (Phi) is 6.49. The van der Waals surface area contributed by atoms with Gasteiger partial charge in [0, 0.05) is 29.5 Å². The van der Waals surface area contributed by atoms with Crippen LogP contribution in [-0.4, -0.2) is 38.5 Å². The lowest BCUT2D eigenvalue weighted by atomic mass is 9.68. The first-order chi connectivity index (χ1) is 16.0. The van der Waals surface area contributed by atoms with Crippen LogP contribution in [0.1, 0.15) is 42.7 Å². The molecular weight excluding hydrogens is 422 g/mol. The van der Waals surface area contributed by atoms with Gasteiger partial charge >= 0.3 is 5.97 Å². The van der Waals surface area contributed by atoms with Crippen LogP contribution < -0.4 is 14.8 Å². The summed E-state index contributed by atoms with van der Waals surface area (Å²) >= 11 is 0. The summed E-state index contributed by atoms with van der Waals surface area (Å²) in [6.45, 7) is 1.91. The number of ketones is 1. The molecule has 172 valence electrons. The monoisotopic (exact) mass is 449 g/mol. The molecule has 0 aromatic heterocycles. The van der Waals surface area contributed by atoms with E-state index in [2.05, 4.69) is 5.32 Å². The van der Waals surface area contributed by atoms with Crippen molar-refractivity contribution in [2.75, 3.05) is 20.8 Å². The number of allylic oxidation sites excluding steroid dienone is 2. The zero-order valence-electron chi connectivity index (χ0n) is 18.9. The number of rotatable bonds is 6. The standard InChI is InChI=1S/C26H27NO6/c1-4-33-26(30)24-17(15-8-6-5-7-9-15)13-19-23(25(24)29)18(14-22(28)27-19)16-10-11-20(31-2)21(12-16)32-3/h5-12,17-18,24H,4,13-14H2,1-3H3,(H,27,28). The van der Waals surface area contributed by atoms with Crippen molar-refractivity contribution in [3.8, 4) is 11.5 Å². The molecule has 1 N–H and O–H groups in total. The van der Waals surface area contributed by atoms with Crippen molar-refractivity contribution in [1.82, 2.24) is 5.32 Å². The number of esters is 1. The van der Waals surface area contributed by atoms with E-state index < -0.39 is 23.7 Å². The fraction of sp³-hybridized carbons (Fsp3) is 0.346. The zero-order chi connectivity index (χ0) is 23.5. The van der Waals surface area contributed by atoms with Crippen LogP contribution in [0.15, 0.2) is 59.8 Å². The maximum Gasteiger partial charge on any atom is 0.317 e. The molecule has 1 heterocycles. The molecule has 0 saturated carbocycles. The number of nitrogens with one attached hydrogen (secondary N) is 1. The van der Waals surface area contributed by atoms with Gasteiger partial charge in [-0.25, -0.2) is 0 Å². The molecule has 1 aliphatic carbocycles. The average molecular weight is 450 g/mol. The lowest BCUT2D eigenvalue weighted by molar-refractivity contribution is -0.152. The third-order valence-corrected chi connectivity index (χ3v) is 6.31. The Labute approximate surface area is 192 Å². The minimum absolute atomic E-state index is 0.103. The fourth-order valence-corrected chi connectivity index (χ4v) is 4.82. The van der Waals surface area contributed by atoms with Gasteiger partial charge in [-0.2, -0.15) is 0 Å². The van der Waals surface area contributed by atoms with E-state index in [1.165, 1.54) is 7.11 Å². The summed E-state index contributed by atoms with van der Waals surface area (Å²) in [6.07, 6.45) is 0.468. The van der Waals surface area contributed by atoms with E-state index in [-0.39, 0.29) is 24.7 Å². The van der Waals surface area contributed by atoms with Gasteiger partial charge in [-0.1, -0.05) is 36.4 Å². The summed E-state index contributed by atoms with van der Waals surface area (Å²) in [5.41, 5.74) is 2.65. The van der Waals surface area contributed by atoms with Crippen molar-refractivity contribution >= 4 is 17.7 Å². The highest BCUT2D eigenvalue weighted by atomic mass is 16.5. The molecule has 0 spiro atoms. The van der Waals surface area contributed by atoms with E-state index >= 15 is 0 Å². The molecule has 3 unspecified atom stereocenters. The molecule has 7 heteroatoms. The predicted octanol–water partition coefficient (Wildman–Crippen LogP) is 3.50. The highest BCUT2D eigenvalue weighted by molar-refractivity contribution is 6.12. The maximum atomic E-state index is 13.9. The molecule has 2 aromatic rings. The van der Waals surface area contributed by atoms with Gasteiger partial charge in [-0.05, 0) is 36.6 Å². The first kappa shape index (κ1) is 22.6. The van der Waals surface area contributed by atoms with Gasteiger partial charge in [0.1, 0.15) is 5.92 Å². The molecular formula is C26H27NO6. The Morgan fingerprint density at radius 2 is 1.70 bits per heavy atom. The Hall–Kier alpha value is -3.61. The summed E-state index contributed by atoms with van der Waals surface area (Å²) in [6, 6.07) is 14.8. The van der Waals surface area contributed by atoms with Crippen molar-refractivity contribution in [1.29, 1.82) is 0 Å². The summed E-state index contributed by atoms with van der Waals surface area (Å²) in [4.78, 5) is 39.5. The molecule has 0 fully saturated rings. The van der Waals surface area contributed by atoms with Crippen LogP contribution in [0, 0.1) is 5.92 Å². The summed E-state index contributed by atoms with van der Waals surface area (Å²) in [5.74, 6) is -1.81. The molecule has 0 radical (unpaired) electrons. The van der Waals surface area contributed by atoms with Crippen LogP contribution in [0.2, 0.25) is 0 Å². The van der Waals surface area contributed by atoms with Gasteiger partial charge in [0.2, 0.25) is 5.91 Å². The molecule has 2 aliphatic rings. The van der Waals surface area contributed by atoms with Gasteiger partial charge in [-0.15, -0.1) is 0 Å². The molecule has 0 bridgehead atoms. The number of amides is 1. The molecule has 1 amide bonds. The van der Waals surface area contributed by atoms with Crippen LogP contribution in [0.25, 0.3) is 0 Å². The summed E-state index contributed by atoms with van der Waals surface area (Å²) in [5, 5.41) is 2.90. The van der Waals surface area contributed by atoms with E-state index in [0.717, 1.165) is 11.1 Å². The Morgan fingerprint density at radius 3 is 2.36 bits per heavy atom. The topological polar surface area (TPSA) is 90.9 Å². The van der Waals surface area contributed by atoms with Gasteiger partial charge in [0.05, 0.1) is 20.8 Å². The minimum atomic E-state index is -0.969. The highest BCUT2D eigenvalue weighted by Crippen LogP contribution is 2.46. The van der Waals surface area contributed by atoms with Crippen molar-refractivity contribution in [2.45, 2.75) is 31.6 Å². The number of methoxy groups -OCH3 is 2. The van der Waals surface area contributed by atoms with E-state index in [9.17, 15) is 14.4 Å². The second kappa shape index (κ2) is 9.48. The first-order valence-electron chi connectivity index (χ1n) is 11.0. The lowest BCUT2D eigenvalue weighted by Crippen LogP contribution is -2.44. The molecule has 7 nitrogen and oxygen atoms in total. The number of benzene rings is 2. The average Bonchev–Trinajstić information content (AvgIpc) is 2.83. The van der Waals surface area contributed by atoms with E-state index in [1.54, 1.807) is 26.2 Å².